The molecule has 6 heavy (non-hydrogen) atoms. The highest BCUT2D eigenvalue weighted by Crippen LogP contribution is 2.23. The Hall–Kier alpha value is 0.480. The van der Waals surface area contributed by atoms with E-state index in [-0.39, 0.29) is 0 Å². The number of hydrogen-bond acceptors (Lipinski definition) is 0. The third kappa shape index (κ3) is 0.970. The highest BCUT2D eigenvalue weighted by atomic mass is 79.9. The molecule has 1 rings (SSSR count). The Morgan fingerprint density at radius 3 is 2.33 bits per heavy atom. The third-order valence-corrected chi connectivity index (χ3v) is 0.803. The maximum absolute atomic E-state index is 7.49. The monoisotopic (exact) mass is 157 g/mol. The molecular formula is C5H9Br. The minimum atomic E-state index is -3.09. The molecule has 0 saturated heterocycles. The molecule has 0 aromatic carbocycles. The summed E-state index contributed by atoms with van der Waals surface area (Å²) in [6.45, 7) is 0. The van der Waals surface area contributed by atoms with Crippen LogP contribution < -0.4 is 0 Å². The minimum Gasteiger partial charge on any atom is -0.0891 e. The first-order valence-electron chi connectivity index (χ1n) is 5.94. The molecule has 0 aliphatic heterocycles. The van der Waals surface area contributed by atoms with Crippen molar-refractivity contribution >= 4 is 15.9 Å². The maximum Gasteiger partial charge on any atom is 0.0423 e. The van der Waals surface area contributed by atoms with E-state index in [1.54, 1.807) is 0 Å². The van der Waals surface area contributed by atoms with E-state index in [1.807, 2.05) is 0 Å². The fourth-order valence-corrected chi connectivity index (χ4v) is 0.402. The lowest BCUT2D eigenvalue weighted by Crippen LogP contribution is -1.81. The topological polar surface area (TPSA) is 0 Å². The Bertz CT molecular complexity index is 203. The van der Waals surface area contributed by atoms with E-state index in [4.69, 9.17) is 12.3 Å². The molecule has 0 spiro atoms. The molecule has 1 fully saturated rings. The average Bonchev–Trinajstić information content (AvgIpc) is 2.04. The van der Waals surface area contributed by atoms with Gasteiger partial charge >= 0.3 is 0 Å². The highest BCUT2D eigenvalue weighted by molar-refractivity contribution is 9.09. The van der Waals surface area contributed by atoms with Crippen LogP contribution in [0.25, 0.3) is 0 Å². The van der Waals surface area contributed by atoms with Crippen molar-refractivity contribution in [1.29, 1.82) is 0 Å². The lowest BCUT2D eigenvalue weighted by Gasteiger charge is -1.88. The predicted molar refractivity (Wildman–Crippen MR) is 31.2 cm³/mol. The zero-order valence-corrected chi connectivity index (χ0v) is 4.46. The molecule has 0 heterocycles. The van der Waals surface area contributed by atoms with E-state index in [0.717, 1.165) is 0 Å². The van der Waals surface area contributed by atoms with Gasteiger partial charge in [-0.1, -0.05) is 28.7 Å². The number of hydrogen-bond donors (Lipinski definition) is 0. The molecule has 0 amide bonds. The third-order valence-electron chi connectivity index (χ3n) is 0.407. The SMILES string of the molecule is [2H]C1([2H])C([2H])([2H])C([2H])([2H])C([2H])(Br)C1([2H])[2H]. The van der Waals surface area contributed by atoms with Crippen molar-refractivity contribution < 1.29 is 12.3 Å². The summed E-state index contributed by atoms with van der Waals surface area (Å²) in [5, 5.41) is 0. The minimum absolute atomic E-state index is 2.47. The molecule has 0 nitrogen and oxygen atoms in total. The van der Waals surface area contributed by atoms with Gasteiger partial charge in [0.15, 0.2) is 0 Å². The van der Waals surface area contributed by atoms with Crippen LogP contribution in [0.3, 0.4) is 0 Å². The second-order valence-electron chi connectivity index (χ2n) is 0.814. The number of alkyl halides is 1. The van der Waals surface area contributed by atoms with Gasteiger partial charge in [-0.05, 0) is 12.7 Å². The van der Waals surface area contributed by atoms with Gasteiger partial charge in [0.2, 0.25) is 0 Å². The van der Waals surface area contributed by atoms with Gasteiger partial charge in [0.25, 0.3) is 0 Å². The molecule has 36 valence electrons. The summed E-state index contributed by atoms with van der Waals surface area (Å²) in [4.78, 5) is -2.67. The van der Waals surface area contributed by atoms with Crippen molar-refractivity contribution in [3.63, 3.8) is 0 Å². The molecule has 0 N–H and O–H groups in total. The van der Waals surface area contributed by atoms with Crippen molar-refractivity contribution in [3.05, 3.63) is 0 Å². The van der Waals surface area contributed by atoms with Crippen molar-refractivity contribution in [2.45, 2.75) is 30.3 Å². The van der Waals surface area contributed by atoms with Crippen LogP contribution in [0.2, 0.25) is 0 Å². The summed E-state index contributed by atoms with van der Waals surface area (Å²) in [5.41, 5.74) is 0. The standard InChI is InChI=1S/C5H9Br/c6-5-3-1-2-4-5/h5H,1-4H2/i1D2,2D2,3D2,4D2,5D. The van der Waals surface area contributed by atoms with Gasteiger partial charge < -0.3 is 0 Å². The van der Waals surface area contributed by atoms with Gasteiger partial charge in [0.05, 0.1) is 0 Å². The van der Waals surface area contributed by atoms with Gasteiger partial charge in [-0.3, -0.25) is 0 Å². The van der Waals surface area contributed by atoms with Crippen LogP contribution in [0.15, 0.2) is 0 Å². The van der Waals surface area contributed by atoms with Gasteiger partial charge in [-0.25, -0.2) is 0 Å². The average molecular weight is 158 g/mol. The molecule has 0 aromatic rings. The Kier molecular flexibility index (Phi) is 0.266. The summed E-state index contributed by atoms with van der Waals surface area (Å²) < 4.78 is 66.3. The summed E-state index contributed by atoms with van der Waals surface area (Å²) >= 11 is 2.47. The fourth-order valence-electron chi connectivity index (χ4n) is 0.203. The maximum atomic E-state index is 7.49. The molecule has 0 bridgehead atoms. The predicted octanol–water partition coefficient (Wildman–Crippen LogP) is 2.32. The molecular weight excluding hydrogens is 140 g/mol. The summed E-state index contributed by atoms with van der Waals surface area (Å²) in [6.07, 6.45) is -12.1. The lowest BCUT2D eigenvalue weighted by atomic mass is 10.4. The number of rotatable bonds is 0. The smallest absolute Gasteiger partial charge is 0.0423 e. The normalized spacial score (nSPS) is 86.5. The van der Waals surface area contributed by atoms with Crippen LogP contribution in [0, 0.1) is 0 Å². The van der Waals surface area contributed by atoms with E-state index >= 15 is 0 Å². The molecule has 1 aliphatic carbocycles. The molecule has 0 unspecified atom stereocenters. The molecule has 0 radical (unpaired) electrons. The Morgan fingerprint density at radius 1 is 1.67 bits per heavy atom. The van der Waals surface area contributed by atoms with Crippen LogP contribution in [-0.2, 0) is 0 Å². The van der Waals surface area contributed by atoms with E-state index in [9.17, 15) is 0 Å². The van der Waals surface area contributed by atoms with Gasteiger partial charge in [-0.15, -0.1) is 0 Å². The van der Waals surface area contributed by atoms with Crippen LogP contribution in [-0.4, -0.2) is 4.80 Å². The zero-order chi connectivity index (χ0) is 12.5. The first kappa shape index (κ1) is 0.812. The van der Waals surface area contributed by atoms with Crippen LogP contribution in [0.1, 0.15) is 37.8 Å². The molecule has 0 aromatic heterocycles. The Balaban J connectivity index is 3.55. The van der Waals surface area contributed by atoms with E-state index in [0.29, 0.717) is 0 Å². The van der Waals surface area contributed by atoms with Crippen molar-refractivity contribution in [2.24, 2.45) is 0 Å². The Labute approximate surface area is 59.7 Å². The lowest BCUT2D eigenvalue weighted by molar-refractivity contribution is 0.886. The molecule has 1 saturated carbocycles. The summed E-state index contributed by atoms with van der Waals surface area (Å²) in [6, 6.07) is 0. The second kappa shape index (κ2) is 1.97. The summed E-state index contributed by atoms with van der Waals surface area (Å²) in [7, 11) is 0. The van der Waals surface area contributed by atoms with Gasteiger partial charge in [0.1, 0.15) is 0 Å². The van der Waals surface area contributed by atoms with Crippen molar-refractivity contribution in [3.8, 4) is 0 Å². The zero-order valence-electron chi connectivity index (χ0n) is 11.9. The van der Waals surface area contributed by atoms with Gasteiger partial charge in [-0.2, -0.15) is 0 Å². The molecule has 0 atom stereocenters. The van der Waals surface area contributed by atoms with E-state index < -0.39 is 30.3 Å². The largest absolute Gasteiger partial charge is 0.0891 e. The van der Waals surface area contributed by atoms with Crippen LogP contribution >= 0.6 is 15.9 Å². The number of halogens is 1. The van der Waals surface area contributed by atoms with Gasteiger partial charge in [0, 0.05) is 17.1 Å². The molecule has 1 heteroatoms. The van der Waals surface area contributed by atoms with E-state index in [2.05, 4.69) is 15.9 Å². The Morgan fingerprint density at radius 2 is 2.17 bits per heavy atom. The van der Waals surface area contributed by atoms with Crippen molar-refractivity contribution in [2.75, 3.05) is 0 Å². The highest BCUT2D eigenvalue weighted by Gasteiger charge is 2.09. The summed E-state index contributed by atoms with van der Waals surface area (Å²) in [5.74, 6) is 0. The quantitative estimate of drug-likeness (QED) is 0.474. The molecule has 1 aliphatic rings. The second-order valence-corrected chi connectivity index (χ2v) is 1.61. The van der Waals surface area contributed by atoms with E-state index in [1.165, 1.54) is 0 Å². The first-order valence-corrected chi connectivity index (χ1v) is 2.23. The van der Waals surface area contributed by atoms with Crippen LogP contribution in [0.4, 0.5) is 0 Å². The van der Waals surface area contributed by atoms with Crippen molar-refractivity contribution in [1.82, 2.24) is 0 Å². The van der Waals surface area contributed by atoms with Crippen LogP contribution in [0.5, 0.6) is 0 Å². The fraction of sp³-hybridized carbons (Fsp3) is 1.00. The first-order chi connectivity index (χ1) is 6.25.